The Morgan fingerprint density at radius 3 is 2.56 bits per heavy atom. The van der Waals surface area contributed by atoms with E-state index in [-0.39, 0.29) is 23.5 Å². The fraction of sp³-hybridized carbons (Fsp3) is 0.323. The van der Waals surface area contributed by atoms with Crippen molar-refractivity contribution in [2.75, 3.05) is 18.8 Å². The molecule has 5 aromatic rings. The molecule has 0 spiro atoms. The molecular formula is C31H33N9O3. The summed E-state index contributed by atoms with van der Waals surface area (Å²) >= 11 is 0. The van der Waals surface area contributed by atoms with E-state index in [1.807, 2.05) is 62.8 Å². The first-order valence-electron chi connectivity index (χ1n) is 14.2. The summed E-state index contributed by atoms with van der Waals surface area (Å²) in [6.45, 7) is 8.76. The maximum absolute atomic E-state index is 12.8. The molecule has 1 fully saturated rings. The predicted molar refractivity (Wildman–Crippen MR) is 163 cm³/mol. The molecule has 220 valence electrons. The minimum Gasteiger partial charge on any atom is -0.444 e. The minimum atomic E-state index is -0.524. The van der Waals surface area contributed by atoms with Gasteiger partial charge in [0.2, 0.25) is 0 Å². The average Bonchev–Trinajstić information content (AvgIpc) is 3.47. The molecule has 43 heavy (non-hydrogen) atoms. The van der Waals surface area contributed by atoms with E-state index >= 15 is 0 Å². The van der Waals surface area contributed by atoms with E-state index in [2.05, 4.69) is 20.2 Å². The lowest BCUT2D eigenvalue weighted by molar-refractivity contribution is 0.0185. The summed E-state index contributed by atoms with van der Waals surface area (Å²) in [7, 11) is 0. The second-order valence-electron chi connectivity index (χ2n) is 11.8. The van der Waals surface area contributed by atoms with E-state index in [0.717, 1.165) is 34.9 Å². The van der Waals surface area contributed by atoms with E-state index in [1.165, 1.54) is 10.7 Å². The summed E-state index contributed by atoms with van der Waals surface area (Å²) in [5.74, 6) is 0.194. The van der Waals surface area contributed by atoms with Gasteiger partial charge in [-0.1, -0.05) is 6.07 Å². The molecule has 1 aliphatic rings. The van der Waals surface area contributed by atoms with Crippen molar-refractivity contribution in [2.24, 2.45) is 0 Å². The van der Waals surface area contributed by atoms with Crippen molar-refractivity contribution in [3.63, 3.8) is 0 Å². The van der Waals surface area contributed by atoms with Gasteiger partial charge < -0.3 is 15.4 Å². The van der Waals surface area contributed by atoms with Crippen LogP contribution in [0.5, 0.6) is 0 Å². The van der Waals surface area contributed by atoms with Crippen LogP contribution in [-0.2, 0) is 4.74 Å². The number of likely N-dealkylation sites (tertiary alicyclic amines) is 1. The van der Waals surface area contributed by atoms with Gasteiger partial charge in [-0.15, -0.1) is 0 Å². The van der Waals surface area contributed by atoms with Crippen LogP contribution in [0.4, 0.5) is 10.6 Å². The fourth-order valence-electron chi connectivity index (χ4n) is 5.11. The molecule has 1 amide bonds. The number of amides is 1. The lowest BCUT2D eigenvalue weighted by Gasteiger charge is -2.33. The summed E-state index contributed by atoms with van der Waals surface area (Å²) in [6, 6.07) is 10.8. The number of pyridine rings is 1. The monoisotopic (exact) mass is 579 g/mol. The number of hydrogen-bond acceptors (Lipinski definition) is 9. The molecule has 0 radical (unpaired) electrons. The van der Waals surface area contributed by atoms with E-state index in [4.69, 9.17) is 15.5 Å². The van der Waals surface area contributed by atoms with Gasteiger partial charge in [0, 0.05) is 42.5 Å². The Balaban J connectivity index is 1.23. The van der Waals surface area contributed by atoms with Crippen molar-refractivity contribution in [1.29, 1.82) is 0 Å². The largest absolute Gasteiger partial charge is 0.444 e. The van der Waals surface area contributed by atoms with Crippen LogP contribution in [0.2, 0.25) is 0 Å². The van der Waals surface area contributed by atoms with Gasteiger partial charge in [-0.05, 0) is 70.4 Å². The maximum atomic E-state index is 12.8. The number of nitrogens with two attached hydrogens (primary N) is 1. The highest BCUT2D eigenvalue weighted by Crippen LogP contribution is 2.28. The number of anilines is 1. The van der Waals surface area contributed by atoms with Crippen molar-refractivity contribution < 1.29 is 9.53 Å². The van der Waals surface area contributed by atoms with E-state index in [0.29, 0.717) is 35.9 Å². The molecule has 1 aliphatic heterocycles. The Bertz CT molecular complexity index is 1880. The molecule has 12 nitrogen and oxygen atoms in total. The number of nitrogen functional groups attached to an aromatic ring is 1. The molecular weight excluding hydrogens is 546 g/mol. The van der Waals surface area contributed by atoms with E-state index in [9.17, 15) is 9.59 Å². The molecule has 1 aromatic carbocycles. The summed E-state index contributed by atoms with van der Waals surface area (Å²) in [5.41, 5.74) is 9.93. The quantitative estimate of drug-likeness (QED) is 0.323. The second-order valence-corrected chi connectivity index (χ2v) is 11.8. The molecule has 0 atom stereocenters. The van der Waals surface area contributed by atoms with Gasteiger partial charge in [0.15, 0.2) is 5.82 Å². The molecule has 12 heteroatoms. The molecule has 0 bridgehead atoms. The van der Waals surface area contributed by atoms with Gasteiger partial charge in [0.25, 0.3) is 5.56 Å². The summed E-state index contributed by atoms with van der Waals surface area (Å²) in [4.78, 5) is 40.6. The van der Waals surface area contributed by atoms with Crippen LogP contribution in [0, 0.1) is 6.92 Å². The van der Waals surface area contributed by atoms with E-state index < -0.39 is 5.60 Å². The minimum absolute atomic E-state index is 0.138. The molecule has 0 saturated carbocycles. The number of carbonyl (C=O) groups excluding carboxylic acids is 1. The molecule has 5 heterocycles. The topological polar surface area (TPSA) is 147 Å². The van der Waals surface area contributed by atoms with Crippen LogP contribution < -0.4 is 11.3 Å². The number of aryl methyl sites for hydroxylation is 1. The number of carbonyl (C=O) groups is 1. The summed E-state index contributed by atoms with van der Waals surface area (Å²) in [5, 5.41) is 10.1. The van der Waals surface area contributed by atoms with Gasteiger partial charge >= 0.3 is 6.09 Å². The highest BCUT2D eigenvalue weighted by atomic mass is 16.6. The van der Waals surface area contributed by atoms with Gasteiger partial charge in [-0.25, -0.2) is 14.8 Å². The third-order valence-electron chi connectivity index (χ3n) is 7.28. The molecule has 1 saturated heterocycles. The van der Waals surface area contributed by atoms with Gasteiger partial charge in [-0.3, -0.25) is 14.5 Å². The normalized spacial score (nSPS) is 14.3. The Kier molecular flexibility index (Phi) is 7.12. The standard InChI is InChI=1S/C31H33N9O3/c1-19-13-20-5-6-23(14-25(20)33-15-19)40-27(41)8-7-24(37-40)28-29(32)34-17-26(36-28)21-16-35-39(18-21)22-9-11-38(12-10-22)30(42)43-31(2,3)4/h5-8,13-18,22H,9-12H2,1-4H3,(H2,32,34). The average molecular weight is 580 g/mol. The number of aromatic nitrogens is 7. The number of hydrogen-bond donors (Lipinski definition) is 1. The SMILES string of the molecule is Cc1cnc2cc(-n3nc(-c4nc(-c5cnn(C6CCN(C(=O)OC(C)(C)C)CC6)c5)cnc4N)ccc3=O)ccc2c1. The predicted octanol–water partition coefficient (Wildman–Crippen LogP) is 4.56. The number of benzene rings is 1. The number of fused-ring (bicyclic) bond motifs is 1. The highest BCUT2D eigenvalue weighted by Gasteiger charge is 2.28. The third-order valence-corrected chi connectivity index (χ3v) is 7.28. The van der Waals surface area contributed by atoms with Crippen molar-refractivity contribution in [3.05, 3.63) is 77.1 Å². The molecule has 0 aliphatic carbocycles. The van der Waals surface area contributed by atoms with Crippen molar-refractivity contribution in [3.8, 4) is 28.3 Å². The first-order chi connectivity index (χ1) is 20.5. The number of piperidine rings is 1. The van der Waals surface area contributed by atoms with Crippen LogP contribution >= 0.6 is 0 Å². The Labute approximate surface area is 248 Å². The number of nitrogens with zero attached hydrogens (tertiary/aromatic N) is 8. The zero-order chi connectivity index (χ0) is 30.3. The Morgan fingerprint density at radius 1 is 1.00 bits per heavy atom. The smallest absolute Gasteiger partial charge is 0.410 e. The van der Waals surface area contributed by atoms with Crippen LogP contribution in [0.3, 0.4) is 0 Å². The summed E-state index contributed by atoms with van der Waals surface area (Å²) in [6.07, 6.45) is 8.28. The highest BCUT2D eigenvalue weighted by molar-refractivity contribution is 5.81. The molecule has 0 unspecified atom stereocenters. The third kappa shape index (κ3) is 5.94. The Hall–Kier alpha value is -5.13. The van der Waals surface area contributed by atoms with Crippen molar-refractivity contribution >= 4 is 22.8 Å². The van der Waals surface area contributed by atoms with E-state index in [1.54, 1.807) is 29.6 Å². The summed E-state index contributed by atoms with van der Waals surface area (Å²) < 4.78 is 8.73. The van der Waals surface area contributed by atoms with Gasteiger partial charge in [-0.2, -0.15) is 14.9 Å². The lowest BCUT2D eigenvalue weighted by atomic mass is 10.1. The lowest BCUT2D eigenvalue weighted by Crippen LogP contribution is -2.42. The maximum Gasteiger partial charge on any atom is 0.410 e. The van der Waals surface area contributed by atoms with Crippen LogP contribution in [0.25, 0.3) is 39.2 Å². The first kappa shape index (κ1) is 28.0. The molecule has 4 aromatic heterocycles. The number of rotatable bonds is 4. The van der Waals surface area contributed by atoms with Crippen molar-refractivity contribution in [2.45, 2.75) is 52.2 Å². The second kappa shape index (κ2) is 10.9. The zero-order valence-electron chi connectivity index (χ0n) is 24.6. The zero-order valence-corrected chi connectivity index (χ0v) is 24.6. The van der Waals surface area contributed by atoms with Crippen LogP contribution in [-0.4, -0.2) is 64.2 Å². The molecule has 2 N–H and O–H groups in total. The number of ether oxygens (including phenoxy) is 1. The van der Waals surface area contributed by atoms with Gasteiger partial charge in [0.1, 0.15) is 17.0 Å². The first-order valence-corrected chi connectivity index (χ1v) is 14.2. The fourth-order valence-corrected chi connectivity index (χ4v) is 5.11. The van der Waals surface area contributed by atoms with Crippen LogP contribution in [0.1, 0.15) is 45.2 Å². The molecule has 6 rings (SSSR count). The van der Waals surface area contributed by atoms with Crippen molar-refractivity contribution in [1.82, 2.24) is 39.4 Å². The van der Waals surface area contributed by atoms with Gasteiger partial charge in [0.05, 0.1) is 35.3 Å². The Morgan fingerprint density at radius 2 is 1.79 bits per heavy atom. The van der Waals surface area contributed by atoms with Crippen LogP contribution in [0.15, 0.2) is 66.0 Å².